The zero-order valence-electron chi connectivity index (χ0n) is 12.3. The summed E-state index contributed by atoms with van der Waals surface area (Å²) in [4.78, 5) is 8.10. The van der Waals surface area contributed by atoms with Crippen molar-refractivity contribution in [2.45, 2.75) is 13.5 Å². The molecule has 0 aliphatic heterocycles. The van der Waals surface area contributed by atoms with E-state index < -0.39 is 0 Å². The second kappa shape index (κ2) is 6.58. The Kier molecular flexibility index (Phi) is 4.16. The van der Waals surface area contributed by atoms with Gasteiger partial charge in [-0.3, -0.25) is 0 Å². The molecule has 0 N–H and O–H groups in total. The molecular weight excluding hydrogens is 296 g/mol. The van der Waals surface area contributed by atoms with Gasteiger partial charge >= 0.3 is 0 Å². The van der Waals surface area contributed by atoms with Crippen LogP contribution >= 0.6 is 0 Å². The third kappa shape index (κ3) is 3.83. The standard InChI is InChI=1S/C16H12N4O3/c1-11-18-16(23-20-11)10-21-13-5-7-14(8-6-13)22-15-4-2-3-12(9-17)19-15/h2-8H,10H2,1H3. The summed E-state index contributed by atoms with van der Waals surface area (Å²) in [5.74, 6) is 2.58. The Morgan fingerprint density at radius 3 is 2.57 bits per heavy atom. The molecule has 7 heteroatoms. The van der Waals surface area contributed by atoms with Gasteiger partial charge in [-0.1, -0.05) is 11.2 Å². The molecule has 0 aliphatic rings. The fourth-order valence-corrected chi connectivity index (χ4v) is 1.80. The van der Waals surface area contributed by atoms with Crippen molar-refractivity contribution in [2.75, 3.05) is 0 Å². The molecule has 3 rings (SSSR count). The van der Waals surface area contributed by atoms with Gasteiger partial charge in [0, 0.05) is 6.07 Å². The van der Waals surface area contributed by atoms with Gasteiger partial charge in [0.15, 0.2) is 12.4 Å². The number of ether oxygens (including phenoxy) is 2. The Morgan fingerprint density at radius 2 is 1.87 bits per heavy atom. The number of benzene rings is 1. The highest BCUT2D eigenvalue weighted by Crippen LogP contribution is 2.23. The number of hydrogen-bond donors (Lipinski definition) is 0. The zero-order valence-corrected chi connectivity index (χ0v) is 12.3. The van der Waals surface area contributed by atoms with Crippen molar-refractivity contribution in [1.82, 2.24) is 15.1 Å². The van der Waals surface area contributed by atoms with Crippen molar-refractivity contribution in [3.63, 3.8) is 0 Å². The maximum atomic E-state index is 8.82. The number of aromatic nitrogens is 3. The molecule has 0 fully saturated rings. The molecule has 2 aromatic heterocycles. The molecule has 0 radical (unpaired) electrons. The number of hydrogen-bond acceptors (Lipinski definition) is 7. The molecule has 0 saturated carbocycles. The van der Waals surface area contributed by atoms with Gasteiger partial charge in [-0.25, -0.2) is 4.98 Å². The van der Waals surface area contributed by atoms with Crippen molar-refractivity contribution in [1.29, 1.82) is 5.26 Å². The molecule has 7 nitrogen and oxygen atoms in total. The van der Waals surface area contributed by atoms with E-state index in [1.54, 1.807) is 49.4 Å². The average Bonchev–Trinajstić information content (AvgIpc) is 3.00. The lowest BCUT2D eigenvalue weighted by atomic mass is 10.3. The van der Waals surface area contributed by atoms with Gasteiger partial charge in [0.1, 0.15) is 23.3 Å². The van der Waals surface area contributed by atoms with E-state index in [1.807, 2.05) is 6.07 Å². The first-order valence-corrected chi connectivity index (χ1v) is 6.80. The minimum absolute atomic E-state index is 0.201. The summed E-state index contributed by atoms with van der Waals surface area (Å²) >= 11 is 0. The molecule has 0 unspecified atom stereocenters. The van der Waals surface area contributed by atoms with E-state index in [4.69, 9.17) is 19.3 Å². The normalized spacial score (nSPS) is 10.1. The molecule has 0 bridgehead atoms. The summed E-state index contributed by atoms with van der Waals surface area (Å²) in [6, 6.07) is 14.0. The third-order valence-electron chi connectivity index (χ3n) is 2.82. The SMILES string of the molecule is Cc1noc(COc2ccc(Oc3cccc(C#N)n3)cc2)n1. The Bertz CT molecular complexity index is 837. The Labute approximate surface area is 132 Å². The lowest BCUT2D eigenvalue weighted by molar-refractivity contribution is 0.242. The first-order valence-electron chi connectivity index (χ1n) is 6.80. The number of pyridine rings is 1. The molecule has 0 saturated heterocycles. The predicted molar refractivity (Wildman–Crippen MR) is 78.8 cm³/mol. The van der Waals surface area contributed by atoms with Crippen LogP contribution in [-0.2, 0) is 6.61 Å². The lowest BCUT2D eigenvalue weighted by Crippen LogP contribution is -1.96. The number of nitriles is 1. The predicted octanol–water partition coefficient (Wildman–Crippen LogP) is 3.02. The quantitative estimate of drug-likeness (QED) is 0.715. The smallest absolute Gasteiger partial charge is 0.264 e. The van der Waals surface area contributed by atoms with Crippen LogP contribution in [0.2, 0.25) is 0 Å². The van der Waals surface area contributed by atoms with Crippen molar-refractivity contribution in [3.05, 3.63) is 59.9 Å². The number of nitrogens with zero attached hydrogens (tertiary/aromatic N) is 4. The summed E-state index contributed by atoms with van der Waals surface area (Å²) in [6.45, 7) is 1.95. The first kappa shape index (κ1) is 14.5. The molecule has 3 aromatic rings. The van der Waals surface area contributed by atoms with Gasteiger partial charge in [-0.15, -0.1) is 0 Å². The second-order valence-corrected chi connectivity index (χ2v) is 4.57. The van der Waals surface area contributed by atoms with Crippen molar-refractivity contribution in [3.8, 4) is 23.4 Å². The molecule has 1 aromatic carbocycles. The molecule has 0 aliphatic carbocycles. The molecule has 2 heterocycles. The summed E-state index contributed by atoms with van der Waals surface area (Å²) in [7, 11) is 0. The molecule has 23 heavy (non-hydrogen) atoms. The second-order valence-electron chi connectivity index (χ2n) is 4.57. The lowest BCUT2D eigenvalue weighted by Gasteiger charge is -2.06. The van der Waals surface area contributed by atoms with Crippen LogP contribution < -0.4 is 9.47 Å². The van der Waals surface area contributed by atoms with Crippen molar-refractivity contribution < 1.29 is 14.0 Å². The van der Waals surface area contributed by atoms with Crippen LogP contribution in [0.15, 0.2) is 47.0 Å². The van der Waals surface area contributed by atoms with Gasteiger partial charge in [-0.2, -0.15) is 10.2 Å². The number of aryl methyl sites for hydroxylation is 1. The largest absolute Gasteiger partial charge is 0.484 e. The van der Waals surface area contributed by atoms with Gasteiger partial charge in [-0.05, 0) is 37.3 Å². The average molecular weight is 308 g/mol. The van der Waals surface area contributed by atoms with Gasteiger partial charge in [0.25, 0.3) is 5.89 Å². The Hall–Kier alpha value is -3.40. The highest BCUT2D eigenvalue weighted by molar-refractivity contribution is 5.34. The minimum Gasteiger partial charge on any atom is -0.484 e. The molecule has 114 valence electrons. The maximum Gasteiger partial charge on any atom is 0.264 e. The fraction of sp³-hybridized carbons (Fsp3) is 0.125. The van der Waals surface area contributed by atoms with Crippen LogP contribution in [0.5, 0.6) is 17.4 Å². The third-order valence-corrected chi connectivity index (χ3v) is 2.82. The first-order chi connectivity index (χ1) is 11.2. The topological polar surface area (TPSA) is 94.1 Å². The highest BCUT2D eigenvalue weighted by Gasteiger charge is 2.05. The molecule has 0 amide bonds. The van der Waals surface area contributed by atoms with Crippen LogP contribution in [-0.4, -0.2) is 15.1 Å². The van der Waals surface area contributed by atoms with Gasteiger partial charge in [0.05, 0.1) is 0 Å². The van der Waals surface area contributed by atoms with E-state index in [-0.39, 0.29) is 6.61 Å². The summed E-state index contributed by atoms with van der Waals surface area (Å²) < 4.78 is 16.1. The Morgan fingerprint density at radius 1 is 1.09 bits per heavy atom. The van der Waals surface area contributed by atoms with E-state index in [1.165, 1.54) is 0 Å². The summed E-state index contributed by atoms with van der Waals surface area (Å²) in [5, 5.41) is 12.5. The van der Waals surface area contributed by atoms with Crippen LogP contribution in [0.25, 0.3) is 0 Å². The van der Waals surface area contributed by atoms with Gasteiger partial charge < -0.3 is 14.0 Å². The van der Waals surface area contributed by atoms with Crippen LogP contribution in [0.4, 0.5) is 0 Å². The van der Waals surface area contributed by atoms with Crippen LogP contribution in [0.1, 0.15) is 17.4 Å². The maximum absolute atomic E-state index is 8.82. The monoisotopic (exact) mass is 308 g/mol. The zero-order chi connectivity index (χ0) is 16.1. The minimum atomic E-state index is 0.201. The van der Waals surface area contributed by atoms with Crippen molar-refractivity contribution >= 4 is 0 Å². The fourth-order valence-electron chi connectivity index (χ4n) is 1.80. The van der Waals surface area contributed by atoms with E-state index in [0.717, 1.165) is 0 Å². The number of rotatable bonds is 5. The van der Waals surface area contributed by atoms with E-state index >= 15 is 0 Å². The highest BCUT2D eigenvalue weighted by atomic mass is 16.5. The summed E-state index contributed by atoms with van der Waals surface area (Å²) in [6.07, 6.45) is 0. The summed E-state index contributed by atoms with van der Waals surface area (Å²) in [5.41, 5.74) is 0.303. The van der Waals surface area contributed by atoms with Crippen LogP contribution in [0.3, 0.4) is 0 Å². The Balaban J connectivity index is 1.61. The van der Waals surface area contributed by atoms with E-state index in [0.29, 0.717) is 34.8 Å². The van der Waals surface area contributed by atoms with E-state index in [9.17, 15) is 0 Å². The van der Waals surface area contributed by atoms with Gasteiger partial charge in [0.2, 0.25) is 5.88 Å². The molecule has 0 atom stereocenters. The molecule has 0 spiro atoms. The van der Waals surface area contributed by atoms with Crippen molar-refractivity contribution in [2.24, 2.45) is 0 Å². The molecular formula is C16H12N4O3. The van der Waals surface area contributed by atoms with Crippen LogP contribution in [0, 0.1) is 18.3 Å². The van der Waals surface area contributed by atoms with E-state index in [2.05, 4.69) is 15.1 Å².